The second kappa shape index (κ2) is 8.31. The van der Waals surface area contributed by atoms with Gasteiger partial charge in [0.1, 0.15) is 16.6 Å². The molecule has 0 aliphatic carbocycles. The van der Waals surface area contributed by atoms with Crippen molar-refractivity contribution in [2.45, 2.75) is 19.6 Å². The molecule has 0 spiro atoms. The number of thiazole rings is 1. The third-order valence-electron chi connectivity index (χ3n) is 2.95. The summed E-state index contributed by atoms with van der Waals surface area (Å²) in [6.45, 7) is 4.59. The molecule has 0 bridgehead atoms. The van der Waals surface area contributed by atoms with Gasteiger partial charge >= 0.3 is 0 Å². The van der Waals surface area contributed by atoms with Crippen LogP contribution in [0.15, 0.2) is 29.6 Å². The Hall–Kier alpha value is -1.60. The molecule has 2 rings (SSSR count). The zero-order valence-electron chi connectivity index (χ0n) is 13.0. The molecule has 2 aromatic rings. The van der Waals surface area contributed by atoms with Gasteiger partial charge in [-0.2, -0.15) is 0 Å². The number of rotatable bonds is 7. The van der Waals surface area contributed by atoms with Crippen molar-refractivity contribution in [1.82, 2.24) is 10.3 Å². The quantitative estimate of drug-likeness (QED) is 0.832. The maximum atomic E-state index is 12.9. The molecule has 1 amide bonds. The van der Waals surface area contributed by atoms with Gasteiger partial charge in [0.05, 0.1) is 11.4 Å². The number of amides is 1. The average molecular weight is 354 g/mol. The summed E-state index contributed by atoms with van der Waals surface area (Å²) in [5, 5.41) is 5.32. The highest BCUT2D eigenvalue weighted by Gasteiger charge is 2.12. The maximum Gasteiger partial charge on any atom is 0.232 e. The van der Waals surface area contributed by atoms with Crippen LogP contribution in [-0.4, -0.2) is 27.4 Å². The van der Waals surface area contributed by atoms with Crippen LogP contribution in [0.25, 0.3) is 10.6 Å². The Bertz CT molecular complexity index is 684. The van der Waals surface area contributed by atoms with Crippen molar-refractivity contribution in [3.63, 3.8) is 0 Å². The number of carbonyl (C=O) groups is 1. The van der Waals surface area contributed by atoms with Gasteiger partial charge in [-0.15, -0.1) is 11.3 Å². The molecule has 0 saturated heterocycles. The summed E-state index contributed by atoms with van der Waals surface area (Å²) in [7, 11) is -1.29. The summed E-state index contributed by atoms with van der Waals surface area (Å²) in [4.78, 5) is 16.1. The molecular formula is C16H19FN2O2S2. The lowest BCUT2D eigenvalue weighted by molar-refractivity contribution is -0.118. The summed E-state index contributed by atoms with van der Waals surface area (Å²) in [6.07, 6.45) is 0. The second-order valence-corrected chi connectivity index (χ2v) is 7.89. The molecule has 1 aromatic carbocycles. The molecule has 0 aliphatic rings. The number of hydrogen-bond donors (Lipinski definition) is 1. The number of nitrogens with zero attached hydrogens (tertiary/aromatic N) is 1. The van der Waals surface area contributed by atoms with Crippen LogP contribution in [0.2, 0.25) is 0 Å². The molecule has 1 aromatic heterocycles. The molecule has 0 radical (unpaired) electrons. The fourth-order valence-corrected chi connectivity index (χ4v) is 3.74. The summed E-state index contributed by atoms with van der Waals surface area (Å²) in [5.74, 6) is 0.0948. The van der Waals surface area contributed by atoms with Crippen molar-refractivity contribution in [2.75, 3.05) is 12.3 Å². The Morgan fingerprint density at radius 1 is 1.35 bits per heavy atom. The highest BCUT2D eigenvalue weighted by molar-refractivity contribution is 7.84. The van der Waals surface area contributed by atoms with E-state index in [1.807, 2.05) is 19.2 Å². The second-order valence-electron chi connectivity index (χ2n) is 5.58. The van der Waals surface area contributed by atoms with E-state index in [0.717, 1.165) is 10.6 Å². The van der Waals surface area contributed by atoms with Crippen molar-refractivity contribution < 1.29 is 13.4 Å². The Labute approximate surface area is 141 Å². The fraction of sp³-hybridized carbons (Fsp3) is 0.375. The van der Waals surface area contributed by atoms with Gasteiger partial charge in [0.25, 0.3) is 0 Å². The van der Waals surface area contributed by atoms with Crippen molar-refractivity contribution in [3.05, 3.63) is 41.2 Å². The Balaban J connectivity index is 1.90. The molecule has 1 unspecified atom stereocenters. The summed E-state index contributed by atoms with van der Waals surface area (Å²) < 4.78 is 24.9. The maximum absolute atomic E-state index is 12.9. The van der Waals surface area contributed by atoms with Gasteiger partial charge in [0.2, 0.25) is 5.91 Å². The molecule has 4 nitrogen and oxygen atoms in total. The smallest absolute Gasteiger partial charge is 0.232 e. The lowest BCUT2D eigenvalue weighted by atomic mass is 10.2. The zero-order valence-corrected chi connectivity index (χ0v) is 14.7. The summed E-state index contributed by atoms with van der Waals surface area (Å²) in [6, 6.07) is 6.09. The van der Waals surface area contributed by atoms with Crippen LogP contribution < -0.4 is 5.32 Å². The summed E-state index contributed by atoms with van der Waals surface area (Å²) in [5.41, 5.74) is 1.51. The molecule has 124 valence electrons. The molecule has 1 N–H and O–H groups in total. The van der Waals surface area contributed by atoms with Gasteiger partial charge < -0.3 is 5.32 Å². The van der Waals surface area contributed by atoms with Crippen molar-refractivity contribution in [2.24, 2.45) is 5.92 Å². The van der Waals surface area contributed by atoms with E-state index >= 15 is 0 Å². The Kier molecular flexibility index (Phi) is 6.41. The largest absolute Gasteiger partial charge is 0.355 e. The monoisotopic (exact) mass is 354 g/mol. The molecular weight excluding hydrogens is 335 g/mol. The van der Waals surface area contributed by atoms with Gasteiger partial charge in [0.15, 0.2) is 0 Å². The number of halogens is 1. The lowest BCUT2D eigenvalue weighted by Gasteiger charge is -2.06. The third kappa shape index (κ3) is 5.84. The normalized spacial score (nSPS) is 12.3. The molecule has 7 heteroatoms. The number of nitrogens with one attached hydrogen (secondary N) is 1. The summed E-state index contributed by atoms with van der Waals surface area (Å²) >= 11 is 1.41. The first kappa shape index (κ1) is 17.7. The number of benzene rings is 1. The first-order valence-corrected chi connectivity index (χ1v) is 9.63. The van der Waals surface area contributed by atoms with Gasteiger partial charge in [-0.1, -0.05) is 13.8 Å². The van der Waals surface area contributed by atoms with Gasteiger partial charge in [-0.25, -0.2) is 9.37 Å². The van der Waals surface area contributed by atoms with E-state index in [1.54, 1.807) is 12.1 Å². The standard InChI is InChI=1S/C16H19FN2O2S2/c1-11(2)7-18-15(20)10-23(21)9-14-8-22-16(19-14)12-3-5-13(17)6-4-12/h3-6,8,11H,7,9-10H2,1-2H3,(H,18,20). The van der Waals surface area contributed by atoms with Crippen LogP contribution in [-0.2, 0) is 21.3 Å². The van der Waals surface area contributed by atoms with Crippen LogP contribution in [0.3, 0.4) is 0 Å². The topological polar surface area (TPSA) is 59.1 Å². The van der Waals surface area contributed by atoms with E-state index in [4.69, 9.17) is 0 Å². The van der Waals surface area contributed by atoms with Gasteiger partial charge in [-0.3, -0.25) is 9.00 Å². The van der Waals surface area contributed by atoms with Crippen LogP contribution >= 0.6 is 11.3 Å². The number of hydrogen-bond acceptors (Lipinski definition) is 4. The number of carbonyl (C=O) groups excluding carboxylic acids is 1. The molecule has 1 atom stereocenters. The minimum absolute atomic E-state index is 0.0177. The van der Waals surface area contributed by atoms with Crippen LogP contribution in [0.5, 0.6) is 0 Å². The van der Waals surface area contributed by atoms with E-state index in [2.05, 4.69) is 10.3 Å². The SMILES string of the molecule is CC(C)CNC(=O)CS(=O)Cc1csc(-c2ccc(F)cc2)n1. The molecule has 0 saturated carbocycles. The molecule has 0 aliphatic heterocycles. The first-order chi connectivity index (χ1) is 10.9. The highest BCUT2D eigenvalue weighted by Crippen LogP contribution is 2.24. The zero-order chi connectivity index (χ0) is 16.8. The van der Waals surface area contributed by atoms with Crippen molar-refractivity contribution >= 4 is 28.0 Å². The van der Waals surface area contributed by atoms with E-state index in [-0.39, 0.29) is 23.2 Å². The van der Waals surface area contributed by atoms with E-state index < -0.39 is 10.8 Å². The fourth-order valence-electron chi connectivity index (χ4n) is 1.83. The van der Waals surface area contributed by atoms with Crippen molar-refractivity contribution in [1.29, 1.82) is 0 Å². The Morgan fingerprint density at radius 3 is 2.70 bits per heavy atom. The predicted octanol–water partition coefficient (Wildman–Crippen LogP) is 2.97. The highest BCUT2D eigenvalue weighted by atomic mass is 32.2. The molecule has 23 heavy (non-hydrogen) atoms. The minimum Gasteiger partial charge on any atom is -0.355 e. The Morgan fingerprint density at radius 2 is 2.04 bits per heavy atom. The van der Waals surface area contributed by atoms with Crippen LogP contribution in [0, 0.1) is 11.7 Å². The van der Waals surface area contributed by atoms with Gasteiger partial charge in [-0.05, 0) is 30.2 Å². The van der Waals surface area contributed by atoms with Crippen LogP contribution in [0.1, 0.15) is 19.5 Å². The van der Waals surface area contributed by atoms with E-state index in [9.17, 15) is 13.4 Å². The van der Waals surface area contributed by atoms with E-state index in [0.29, 0.717) is 18.2 Å². The minimum atomic E-state index is -1.29. The average Bonchev–Trinajstić information content (AvgIpc) is 2.94. The third-order valence-corrected chi connectivity index (χ3v) is 5.09. The molecule has 1 heterocycles. The van der Waals surface area contributed by atoms with Gasteiger partial charge in [0, 0.05) is 28.3 Å². The first-order valence-electron chi connectivity index (χ1n) is 7.26. The van der Waals surface area contributed by atoms with Crippen molar-refractivity contribution in [3.8, 4) is 10.6 Å². The van der Waals surface area contributed by atoms with E-state index in [1.165, 1.54) is 23.5 Å². The number of aromatic nitrogens is 1. The predicted molar refractivity (Wildman–Crippen MR) is 92.1 cm³/mol. The molecule has 0 fully saturated rings. The lowest BCUT2D eigenvalue weighted by Crippen LogP contribution is -2.31. The van der Waals surface area contributed by atoms with Crippen LogP contribution in [0.4, 0.5) is 4.39 Å².